The molecule has 1 amide bonds. The second kappa shape index (κ2) is 6.37. The Bertz CT molecular complexity index is 520. The fourth-order valence-electron chi connectivity index (χ4n) is 3.15. The van der Waals surface area contributed by atoms with Gasteiger partial charge < -0.3 is 10.2 Å². The Kier molecular flexibility index (Phi) is 4.51. The maximum Gasteiger partial charge on any atom is 0.224 e. The first kappa shape index (κ1) is 14.9. The zero-order valence-electron chi connectivity index (χ0n) is 12.6. The predicted molar refractivity (Wildman–Crippen MR) is 86.8 cm³/mol. The van der Waals surface area contributed by atoms with Gasteiger partial charge in [0.25, 0.3) is 0 Å². The molecule has 1 saturated heterocycles. The van der Waals surface area contributed by atoms with E-state index in [1.165, 1.54) is 25.9 Å². The van der Waals surface area contributed by atoms with Gasteiger partial charge in [-0.15, -0.1) is 0 Å². The van der Waals surface area contributed by atoms with E-state index in [9.17, 15) is 4.79 Å². The third kappa shape index (κ3) is 3.98. The summed E-state index contributed by atoms with van der Waals surface area (Å²) in [4.78, 5) is 14.8. The Labute approximate surface area is 131 Å². The number of hydrogen-bond donors (Lipinski definition) is 1. The summed E-state index contributed by atoms with van der Waals surface area (Å²) >= 11 is 5.99. The van der Waals surface area contributed by atoms with Gasteiger partial charge in [0, 0.05) is 23.2 Å². The van der Waals surface area contributed by atoms with Gasteiger partial charge in [-0.2, -0.15) is 0 Å². The minimum Gasteiger partial charge on any atom is -0.326 e. The van der Waals surface area contributed by atoms with Crippen LogP contribution in [0, 0.1) is 12.8 Å². The highest BCUT2D eigenvalue weighted by molar-refractivity contribution is 6.31. The van der Waals surface area contributed by atoms with E-state index in [0.29, 0.717) is 17.4 Å². The van der Waals surface area contributed by atoms with Crippen LogP contribution in [0.4, 0.5) is 5.69 Å². The van der Waals surface area contributed by atoms with Crippen molar-refractivity contribution in [3.05, 3.63) is 28.8 Å². The van der Waals surface area contributed by atoms with E-state index in [1.54, 1.807) is 0 Å². The molecule has 4 heteroatoms. The van der Waals surface area contributed by atoms with Crippen LogP contribution in [-0.2, 0) is 4.79 Å². The molecule has 21 heavy (non-hydrogen) atoms. The Balaban J connectivity index is 1.49. The van der Waals surface area contributed by atoms with E-state index in [2.05, 4.69) is 10.2 Å². The minimum absolute atomic E-state index is 0.116. The van der Waals surface area contributed by atoms with Crippen molar-refractivity contribution in [2.24, 2.45) is 5.92 Å². The summed E-state index contributed by atoms with van der Waals surface area (Å²) < 4.78 is 0. The molecule has 0 bridgehead atoms. The summed E-state index contributed by atoms with van der Waals surface area (Å²) in [6.07, 6.45) is 5.68. The Morgan fingerprint density at radius 2 is 2.00 bits per heavy atom. The molecule has 1 saturated carbocycles. The molecule has 1 heterocycles. The van der Waals surface area contributed by atoms with E-state index in [4.69, 9.17) is 11.6 Å². The van der Waals surface area contributed by atoms with E-state index in [0.717, 1.165) is 30.1 Å². The number of carbonyl (C=O) groups excluding carboxylic acids is 1. The largest absolute Gasteiger partial charge is 0.326 e. The molecular formula is C17H23ClN2O. The van der Waals surface area contributed by atoms with Gasteiger partial charge in [-0.25, -0.2) is 0 Å². The van der Waals surface area contributed by atoms with Gasteiger partial charge in [0.15, 0.2) is 0 Å². The molecule has 0 aromatic heterocycles. The molecule has 2 aliphatic rings. The van der Waals surface area contributed by atoms with Crippen molar-refractivity contribution in [1.82, 2.24) is 4.90 Å². The molecule has 1 aromatic rings. The van der Waals surface area contributed by atoms with Gasteiger partial charge in [0.05, 0.1) is 0 Å². The summed E-state index contributed by atoms with van der Waals surface area (Å²) in [5.41, 5.74) is 1.89. The van der Waals surface area contributed by atoms with Crippen molar-refractivity contribution in [2.75, 3.05) is 18.4 Å². The first-order chi connectivity index (χ1) is 10.1. The maximum absolute atomic E-state index is 12.2. The van der Waals surface area contributed by atoms with Crippen LogP contribution in [0.25, 0.3) is 0 Å². The average Bonchev–Trinajstić information content (AvgIpc) is 3.28. The van der Waals surface area contributed by atoms with Crippen LogP contribution in [0.2, 0.25) is 5.02 Å². The second-order valence-corrected chi connectivity index (χ2v) is 6.86. The van der Waals surface area contributed by atoms with E-state index >= 15 is 0 Å². The predicted octanol–water partition coefficient (Wildman–Crippen LogP) is 3.85. The van der Waals surface area contributed by atoms with Crippen molar-refractivity contribution < 1.29 is 4.79 Å². The van der Waals surface area contributed by atoms with Crippen LogP contribution in [0.15, 0.2) is 18.2 Å². The number of likely N-dealkylation sites (tertiary alicyclic amines) is 1. The second-order valence-electron chi connectivity index (χ2n) is 6.42. The Morgan fingerprint density at radius 1 is 1.29 bits per heavy atom. The zero-order valence-corrected chi connectivity index (χ0v) is 13.3. The molecule has 2 fully saturated rings. The fourth-order valence-corrected chi connectivity index (χ4v) is 3.33. The molecule has 0 atom stereocenters. The summed E-state index contributed by atoms with van der Waals surface area (Å²) in [6, 6.07) is 6.46. The first-order valence-electron chi connectivity index (χ1n) is 7.92. The number of hydrogen-bond acceptors (Lipinski definition) is 2. The van der Waals surface area contributed by atoms with Gasteiger partial charge in [0.2, 0.25) is 5.91 Å². The van der Waals surface area contributed by atoms with E-state index in [1.807, 2.05) is 25.1 Å². The van der Waals surface area contributed by atoms with Gasteiger partial charge in [-0.1, -0.05) is 17.7 Å². The number of halogens is 1. The van der Waals surface area contributed by atoms with Crippen LogP contribution in [-0.4, -0.2) is 29.9 Å². The maximum atomic E-state index is 12.2. The Morgan fingerprint density at radius 3 is 2.67 bits per heavy atom. The number of aryl methyl sites for hydroxylation is 1. The molecule has 3 nitrogen and oxygen atoms in total. The van der Waals surface area contributed by atoms with Crippen LogP contribution in [0.3, 0.4) is 0 Å². The third-order valence-electron chi connectivity index (χ3n) is 4.66. The van der Waals surface area contributed by atoms with Gasteiger partial charge in [-0.3, -0.25) is 4.79 Å². The van der Waals surface area contributed by atoms with Gasteiger partial charge >= 0.3 is 0 Å². The number of carbonyl (C=O) groups is 1. The van der Waals surface area contributed by atoms with Crippen molar-refractivity contribution in [2.45, 2.75) is 45.1 Å². The highest BCUT2D eigenvalue weighted by Gasteiger charge is 2.32. The summed E-state index contributed by atoms with van der Waals surface area (Å²) in [5, 5.41) is 3.67. The number of rotatable bonds is 4. The zero-order chi connectivity index (χ0) is 14.8. The minimum atomic E-state index is 0.116. The lowest BCUT2D eigenvalue weighted by Gasteiger charge is -2.31. The number of nitrogens with one attached hydrogen (secondary N) is 1. The molecule has 1 aliphatic carbocycles. The highest BCUT2D eigenvalue weighted by Crippen LogP contribution is 2.31. The Hall–Kier alpha value is -1.06. The monoisotopic (exact) mass is 306 g/mol. The molecular weight excluding hydrogens is 284 g/mol. The van der Waals surface area contributed by atoms with Crippen LogP contribution in [0.5, 0.6) is 0 Å². The summed E-state index contributed by atoms with van der Waals surface area (Å²) in [6.45, 7) is 4.32. The molecule has 114 valence electrons. The van der Waals surface area contributed by atoms with Crippen LogP contribution in [0.1, 0.15) is 37.7 Å². The number of piperidine rings is 1. The third-order valence-corrected chi connectivity index (χ3v) is 4.90. The lowest BCUT2D eigenvalue weighted by molar-refractivity contribution is -0.117. The van der Waals surface area contributed by atoms with Crippen LogP contribution >= 0.6 is 11.6 Å². The SMILES string of the molecule is Cc1ccc(Cl)cc1NC(=O)CC1CCN(C2CC2)CC1. The lowest BCUT2D eigenvalue weighted by Crippen LogP contribution is -2.36. The molecule has 1 aliphatic heterocycles. The molecule has 0 unspecified atom stereocenters. The number of amides is 1. The molecule has 3 rings (SSSR count). The standard InChI is InChI=1S/C17H23ClN2O/c1-12-2-3-14(18)11-16(12)19-17(21)10-13-6-8-20(9-7-13)15-4-5-15/h2-3,11,13,15H,4-10H2,1H3,(H,19,21). The molecule has 1 aromatic carbocycles. The normalized spacial score (nSPS) is 20.5. The average molecular weight is 307 g/mol. The number of nitrogens with zero attached hydrogens (tertiary/aromatic N) is 1. The topological polar surface area (TPSA) is 32.3 Å². The van der Waals surface area contributed by atoms with Crippen LogP contribution < -0.4 is 5.32 Å². The summed E-state index contributed by atoms with van der Waals surface area (Å²) in [5.74, 6) is 0.643. The van der Waals surface area contributed by atoms with E-state index < -0.39 is 0 Å². The number of anilines is 1. The van der Waals surface area contributed by atoms with Crippen molar-refractivity contribution in [1.29, 1.82) is 0 Å². The molecule has 0 radical (unpaired) electrons. The first-order valence-corrected chi connectivity index (χ1v) is 8.29. The lowest BCUT2D eigenvalue weighted by atomic mass is 9.93. The molecule has 1 N–H and O–H groups in total. The van der Waals surface area contributed by atoms with E-state index in [-0.39, 0.29) is 5.91 Å². The smallest absolute Gasteiger partial charge is 0.224 e. The molecule has 0 spiro atoms. The fraction of sp³-hybridized carbons (Fsp3) is 0.588. The number of benzene rings is 1. The highest BCUT2D eigenvalue weighted by atomic mass is 35.5. The van der Waals surface area contributed by atoms with Gasteiger partial charge in [0.1, 0.15) is 0 Å². The van der Waals surface area contributed by atoms with Crippen molar-refractivity contribution >= 4 is 23.2 Å². The van der Waals surface area contributed by atoms with Crippen molar-refractivity contribution in [3.63, 3.8) is 0 Å². The quantitative estimate of drug-likeness (QED) is 0.916. The van der Waals surface area contributed by atoms with Crippen molar-refractivity contribution in [3.8, 4) is 0 Å². The summed E-state index contributed by atoms with van der Waals surface area (Å²) in [7, 11) is 0. The van der Waals surface area contributed by atoms with Gasteiger partial charge in [-0.05, 0) is 69.3 Å².